The second-order valence-electron chi connectivity index (χ2n) is 3.98. The maximum atomic E-state index is 5.70. The number of rotatable bonds is 3. The van der Waals surface area contributed by atoms with Gasteiger partial charge in [-0.15, -0.1) is 11.3 Å². The summed E-state index contributed by atoms with van der Waals surface area (Å²) in [6, 6.07) is 5.95. The van der Waals surface area contributed by atoms with Crippen molar-refractivity contribution in [3.05, 3.63) is 34.8 Å². The van der Waals surface area contributed by atoms with Gasteiger partial charge in [-0.2, -0.15) is 4.98 Å². The van der Waals surface area contributed by atoms with Gasteiger partial charge in [-0.05, 0) is 25.1 Å². The molecule has 0 spiro atoms. The molecule has 0 aliphatic rings. The molecule has 18 heavy (non-hydrogen) atoms. The lowest BCUT2D eigenvalue weighted by Gasteiger charge is -2.07. The monoisotopic (exact) mass is 260 g/mol. The maximum absolute atomic E-state index is 5.70. The maximum Gasteiger partial charge on any atom is 0.296 e. The lowest BCUT2D eigenvalue weighted by atomic mass is 10.3. The molecule has 0 bridgehead atoms. The van der Waals surface area contributed by atoms with Crippen molar-refractivity contribution in [1.29, 1.82) is 0 Å². The number of nitrogens with two attached hydrogens (primary N) is 1. The van der Waals surface area contributed by atoms with Crippen molar-refractivity contribution in [2.45, 2.75) is 13.0 Å². The molecule has 0 amide bonds. The Hall–Kier alpha value is -2.08. The number of nitrogens with zero attached hydrogens (tertiary/aromatic N) is 2. The minimum Gasteiger partial charge on any atom is -0.424 e. The Morgan fingerprint density at radius 3 is 3.11 bits per heavy atom. The number of benzene rings is 1. The summed E-state index contributed by atoms with van der Waals surface area (Å²) in [5.74, 6) is 0. The third-order valence-electron chi connectivity index (χ3n) is 2.57. The number of aromatic nitrogens is 2. The number of thiazole rings is 1. The Labute approximate surface area is 108 Å². The van der Waals surface area contributed by atoms with Gasteiger partial charge in [0.05, 0.1) is 6.04 Å². The van der Waals surface area contributed by atoms with E-state index in [0.717, 1.165) is 16.1 Å². The van der Waals surface area contributed by atoms with Crippen molar-refractivity contribution in [2.24, 2.45) is 0 Å². The van der Waals surface area contributed by atoms with E-state index < -0.39 is 0 Å². The lowest BCUT2D eigenvalue weighted by molar-refractivity contribution is 0.603. The van der Waals surface area contributed by atoms with Crippen LogP contribution in [-0.4, -0.2) is 9.97 Å². The van der Waals surface area contributed by atoms with E-state index in [0.29, 0.717) is 11.7 Å². The van der Waals surface area contributed by atoms with E-state index in [1.807, 2.05) is 18.4 Å². The summed E-state index contributed by atoms with van der Waals surface area (Å²) in [4.78, 5) is 8.59. The normalized spacial score (nSPS) is 12.7. The van der Waals surface area contributed by atoms with Crippen LogP contribution in [0.4, 0.5) is 11.7 Å². The van der Waals surface area contributed by atoms with Crippen molar-refractivity contribution < 1.29 is 4.42 Å². The van der Waals surface area contributed by atoms with Crippen LogP contribution in [0.2, 0.25) is 0 Å². The highest BCUT2D eigenvalue weighted by Gasteiger charge is 2.12. The van der Waals surface area contributed by atoms with Gasteiger partial charge in [-0.1, -0.05) is 0 Å². The van der Waals surface area contributed by atoms with Crippen LogP contribution in [0, 0.1) is 0 Å². The molecule has 0 saturated heterocycles. The first-order valence-corrected chi connectivity index (χ1v) is 6.42. The molecule has 3 N–H and O–H groups in total. The smallest absolute Gasteiger partial charge is 0.296 e. The molecule has 0 fully saturated rings. The average Bonchev–Trinajstić information content (AvgIpc) is 2.95. The van der Waals surface area contributed by atoms with Gasteiger partial charge in [0.2, 0.25) is 0 Å². The zero-order chi connectivity index (χ0) is 12.5. The molecule has 6 heteroatoms. The summed E-state index contributed by atoms with van der Waals surface area (Å²) >= 11 is 1.60. The third kappa shape index (κ3) is 2.02. The Morgan fingerprint density at radius 1 is 1.44 bits per heavy atom. The second-order valence-corrected chi connectivity index (χ2v) is 4.91. The first-order chi connectivity index (χ1) is 8.72. The predicted octanol–water partition coefficient (Wildman–Crippen LogP) is 3.04. The van der Waals surface area contributed by atoms with E-state index >= 15 is 0 Å². The fourth-order valence-electron chi connectivity index (χ4n) is 1.70. The van der Waals surface area contributed by atoms with Crippen LogP contribution in [0.3, 0.4) is 0 Å². The molecule has 3 rings (SSSR count). The molecule has 2 aromatic heterocycles. The number of hydrogen-bond acceptors (Lipinski definition) is 6. The van der Waals surface area contributed by atoms with E-state index in [4.69, 9.17) is 10.2 Å². The molecule has 1 atom stereocenters. The highest BCUT2D eigenvalue weighted by molar-refractivity contribution is 7.09. The predicted molar refractivity (Wildman–Crippen MR) is 72.6 cm³/mol. The SMILES string of the molecule is CC(Nc1nc2cc(N)ccc2o1)c1nccs1. The van der Waals surface area contributed by atoms with Crippen molar-refractivity contribution in [1.82, 2.24) is 9.97 Å². The minimum atomic E-state index is 0.0652. The van der Waals surface area contributed by atoms with Crippen molar-refractivity contribution >= 4 is 34.1 Å². The van der Waals surface area contributed by atoms with Gasteiger partial charge in [-0.25, -0.2) is 4.98 Å². The van der Waals surface area contributed by atoms with Crippen LogP contribution >= 0.6 is 11.3 Å². The number of fused-ring (bicyclic) bond motifs is 1. The quantitative estimate of drug-likeness (QED) is 0.708. The number of hydrogen-bond donors (Lipinski definition) is 2. The van der Waals surface area contributed by atoms with Crippen LogP contribution in [0.1, 0.15) is 18.0 Å². The highest BCUT2D eigenvalue weighted by atomic mass is 32.1. The molecule has 0 aliphatic heterocycles. The average molecular weight is 260 g/mol. The minimum absolute atomic E-state index is 0.0652. The number of oxazole rings is 1. The van der Waals surface area contributed by atoms with Crippen molar-refractivity contribution in [3.63, 3.8) is 0 Å². The third-order valence-corrected chi connectivity index (χ3v) is 3.53. The first kappa shape index (κ1) is 11.0. The van der Waals surface area contributed by atoms with Crippen LogP contribution in [0.25, 0.3) is 11.1 Å². The van der Waals surface area contributed by atoms with Gasteiger partial charge in [-0.3, -0.25) is 0 Å². The van der Waals surface area contributed by atoms with Crippen LogP contribution in [-0.2, 0) is 0 Å². The van der Waals surface area contributed by atoms with E-state index in [-0.39, 0.29) is 6.04 Å². The molecule has 0 radical (unpaired) electrons. The fourth-order valence-corrected chi connectivity index (χ4v) is 2.35. The second kappa shape index (κ2) is 4.30. The summed E-state index contributed by atoms with van der Waals surface area (Å²) in [6.45, 7) is 2.02. The summed E-state index contributed by atoms with van der Waals surface area (Å²) < 4.78 is 5.59. The molecule has 5 nitrogen and oxygen atoms in total. The van der Waals surface area contributed by atoms with Gasteiger partial charge in [0.1, 0.15) is 10.5 Å². The van der Waals surface area contributed by atoms with E-state index in [2.05, 4.69) is 15.3 Å². The molecule has 0 aliphatic carbocycles. The molecule has 2 heterocycles. The zero-order valence-electron chi connectivity index (χ0n) is 9.75. The van der Waals surface area contributed by atoms with E-state index in [9.17, 15) is 0 Å². The van der Waals surface area contributed by atoms with Crippen molar-refractivity contribution in [3.8, 4) is 0 Å². The molecular weight excluding hydrogens is 248 g/mol. The number of nitrogen functional groups attached to an aromatic ring is 1. The van der Waals surface area contributed by atoms with Crippen LogP contribution in [0.5, 0.6) is 0 Å². The molecular formula is C12H12N4OS. The number of nitrogens with one attached hydrogen (secondary N) is 1. The van der Waals surface area contributed by atoms with Gasteiger partial charge in [0, 0.05) is 17.3 Å². The summed E-state index contributed by atoms with van der Waals surface area (Å²) in [7, 11) is 0. The molecule has 0 saturated carbocycles. The largest absolute Gasteiger partial charge is 0.424 e. The standard InChI is InChI=1S/C12H12N4OS/c1-7(11-14-4-5-18-11)15-12-16-9-6-8(13)2-3-10(9)17-12/h2-7H,13H2,1H3,(H,15,16). The fraction of sp³-hybridized carbons (Fsp3) is 0.167. The number of anilines is 2. The van der Waals surface area contributed by atoms with Crippen molar-refractivity contribution in [2.75, 3.05) is 11.1 Å². The van der Waals surface area contributed by atoms with E-state index in [1.54, 1.807) is 29.7 Å². The summed E-state index contributed by atoms with van der Waals surface area (Å²) in [6.07, 6.45) is 1.78. The lowest BCUT2D eigenvalue weighted by Crippen LogP contribution is -2.05. The summed E-state index contributed by atoms with van der Waals surface area (Å²) in [5, 5.41) is 6.12. The van der Waals surface area contributed by atoms with Gasteiger partial charge >= 0.3 is 0 Å². The Kier molecular flexibility index (Phi) is 2.64. The Bertz CT molecular complexity index is 662. The zero-order valence-corrected chi connectivity index (χ0v) is 10.6. The van der Waals surface area contributed by atoms with Crippen LogP contribution in [0.15, 0.2) is 34.2 Å². The Morgan fingerprint density at radius 2 is 2.33 bits per heavy atom. The first-order valence-electron chi connectivity index (χ1n) is 5.54. The van der Waals surface area contributed by atoms with E-state index in [1.165, 1.54) is 0 Å². The van der Waals surface area contributed by atoms with Gasteiger partial charge in [0.25, 0.3) is 6.01 Å². The van der Waals surface area contributed by atoms with Gasteiger partial charge in [0.15, 0.2) is 5.58 Å². The molecule has 1 unspecified atom stereocenters. The molecule has 92 valence electrons. The highest BCUT2D eigenvalue weighted by Crippen LogP contribution is 2.25. The summed E-state index contributed by atoms with van der Waals surface area (Å²) in [5.41, 5.74) is 7.85. The molecule has 1 aromatic carbocycles. The van der Waals surface area contributed by atoms with Gasteiger partial charge < -0.3 is 15.5 Å². The topological polar surface area (TPSA) is 77.0 Å². The Balaban J connectivity index is 1.86. The van der Waals surface area contributed by atoms with Crippen LogP contribution < -0.4 is 11.1 Å². The molecule has 3 aromatic rings.